The zero-order valence-corrected chi connectivity index (χ0v) is 18.6. The molecular formula is C21H30IN5. The van der Waals surface area contributed by atoms with Gasteiger partial charge in [-0.25, -0.2) is 9.98 Å². The molecular weight excluding hydrogens is 449 g/mol. The van der Waals surface area contributed by atoms with E-state index in [1.54, 1.807) is 0 Å². The van der Waals surface area contributed by atoms with Crippen LogP contribution in [-0.2, 0) is 13.1 Å². The lowest BCUT2D eigenvalue weighted by Crippen LogP contribution is -2.36. The Morgan fingerprint density at radius 3 is 2.56 bits per heavy atom. The van der Waals surface area contributed by atoms with Crippen LogP contribution in [0, 0.1) is 6.92 Å². The summed E-state index contributed by atoms with van der Waals surface area (Å²) in [4.78, 5) is 11.7. The Kier molecular flexibility index (Phi) is 8.84. The largest absolute Gasteiger partial charge is 0.357 e. The lowest BCUT2D eigenvalue weighted by molar-refractivity contribution is 0.812. The maximum atomic E-state index is 4.70. The fraction of sp³-hybridized carbons (Fsp3) is 0.429. The third-order valence-corrected chi connectivity index (χ3v) is 4.71. The van der Waals surface area contributed by atoms with Crippen LogP contribution in [0.1, 0.15) is 36.5 Å². The molecule has 0 unspecified atom stereocenters. The van der Waals surface area contributed by atoms with Crippen molar-refractivity contribution in [2.24, 2.45) is 4.99 Å². The topological polar surface area (TPSA) is 52.6 Å². The summed E-state index contributed by atoms with van der Waals surface area (Å²) >= 11 is 0. The molecule has 27 heavy (non-hydrogen) atoms. The molecule has 0 atom stereocenters. The van der Waals surface area contributed by atoms with Crippen molar-refractivity contribution in [3.05, 3.63) is 59.3 Å². The molecule has 5 nitrogen and oxygen atoms in total. The summed E-state index contributed by atoms with van der Waals surface area (Å²) in [6, 6.07) is 12.7. The lowest BCUT2D eigenvalue weighted by atomic mass is 10.1. The standard InChI is InChI=1S/C21H29N5.HI/c1-3-22-21(25-16-19-9-5-4-8-17(19)2)24-15-18-10-11-20(23-14-18)26-12-6-7-13-26;/h4-5,8-11,14H,3,6-7,12-13,15-16H2,1-2H3,(H2,22,24,25);1H. The van der Waals surface area contributed by atoms with Gasteiger partial charge in [0.25, 0.3) is 0 Å². The summed E-state index contributed by atoms with van der Waals surface area (Å²) in [5.74, 6) is 1.92. The van der Waals surface area contributed by atoms with Crippen LogP contribution in [-0.4, -0.2) is 30.6 Å². The Balaban J connectivity index is 0.00000261. The van der Waals surface area contributed by atoms with E-state index in [1.807, 2.05) is 6.20 Å². The number of anilines is 1. The number of rotatable bonds is 6. The maximum absolute atomic E-state index is 4.70. The zero-order valence-electron chi connectivity index (χ0n) is 16.2. The monoisotopic (exact) mass is 479 g/mol. The van der Waals surface area contributed by atoms with Crippen molar-refractivity contribution in [3.63, 3.8) is 0 Å². The van der Waals surface area contributed by atoms with Crippen molar-refractivity contribution < 1.29 is 0 Å². The molecule has 0 radical (unpaired) electrons. The Hall–Kier alpha value is -1.83. The second-order valence-electron chi connectivity index (χ2n) is 6.69. The zero-order chi connectivity index (χ0) is 18.2. The van der Waals surface area contributed by atoms with Gasteiger partial charge in [-0.05, 0) is 49.4 Å². The number of aliphatic imine (C=N–C) groups is 1. The molecule has 1 aromatic heterocycles. The van der Waals surface area contributed by atoms with Crippen molar-refractivity contribution in [3.8, 4) is 0 Å². The highest BCUT2D eigenvalue weighted by molar-refractivity contribution is 14.0. The number of pyridine rings is 1. The SMILES string of the molecule is CCNC(=NCc1ccc(N2CCCC2)nc1)NCc1ccccc1C.I. The fourth-order valence-corrected chi connectivity index (χ4v) is 3.14. The van der Waals surface area contributed by atoms with Crippen molar-refractivity contribution in [2.75, 3.05) is 24.5 Å². The highest BCUT2D eigenvalue weighted by Crippen LogP contribution is 2.17. The quantitative estimate of drug-likeness (QED) is 0.376. The van der Waals surface area contributed by atoms with Gasteiger partial charge in [0.2, 0.25) is 0 Å². The van der Waals surface area contributed by atoms with Gasteiger partial charge in [-0.15, -0.1) is 24.0 Å². The summed E-state index contributed by atoms with van der Waals surface area (Å²) in [6.45, 7) is 8.69. The van der Waals surface area contributed by atoms with E-state index in [-0.39, 0.29) is 24.0 Å². The molecule has 2 N–H and O–H groups in total. The average molecular weight is 479 g/mol. The van der Waals surface area contributed by atoms with E-state index < -0.39 is 0 Å². The average Bonchev–Trinajstić information content (AvgIpc) is 3.20. The first-order valence-electron chi connectivity index (χ1n) is 9.53. The van der Waals surface area contributed by atoms with E-state index in [2.05, 4.69) is 70.8 Å². The third-order valence-electron chi connectivity index (χ3n) is 4.71. The van der Waals surface area contributed by atoms with Crippen LogP contribution < -0.4 is 15.5 Å². The molecule has 2 aromatic rings. The predicted octanol–water partition coefficient (Wildman–Crippen LogP) is 3.86. The molecule has 0 amide bonds. The number of halogens is 1. The molecule has 1 saturated heterocycles. The second-order valence-corrected chi connectivity index (χ2v) is 6.69. The van der Waals surface area contributed by atoms with Crippen molar-refractivity contribution in [2.45, 2.75) is 39.8 Å². The van der Waals surface area contributed by atoms with E-state index in [4.69, 9.17) is 4.99 Å². The van der Waals surface area contributed by atoms with Gasteiger partial charge in [0.05, 0.1) is 6.54 Å². The molecule has 0 saturated carbocycles. The molecule has 1 aliphatic rings. The van der Waals surface area contributed by atoms with Crippen LogP contribution in [0.5, 0.6) is 0 Å². The molecule has 0 aliphatic carbocycles. The normalized spacial score (nSPS) is 14.0. The first-order valence-corrected chi connectivity index (χ1v) is 9.53. The first-order chi connectivity index (χ1) is 12.8. The summed E-state index contributed by atoms with van der Waals surface area (Å²) < 4.78 is 0. The number of guanidine groups is 1. The second kappa shape index (κ2) is 11.1. The summed E-state index contributed by atoms with van der Waals surface area (Å²) in [6.07, 6.45) is 4.49. The van der Waals surface area contributed by atoms with Crippen LogP contribution in [0.25, 0.3) is 0 Å². The van der Waals surface area contributed by atoms with Crippen LogP contribution in [0.2, 0.25) is 0 Å². The predicted molar refractivity (Wildman–Crippen MR) is 124 cm³/mol. The first kappa shape index (κ1) is 21.5. The third kappa shape index (κ3) is 6.37. The van der Waals surface area contributed by atoms with E-state index in [1.165, 1.54) is 24.0 Å². The number of nitrogens with one attached hydrogen (secondary N) is 2. The van der Waals surface area contributed by atoms with Gasteiger partial charge in [-0.2, -0.15) is 0 Å². The number of aryl methyl sites for hydroxylation is 1. The molecule has 1 aromatic carbocycles. The van der Waals surface area contributed by atoms with Crippen LogP contribution in [0.4, 0.5) is 5.82 Å². The van der Waals surface area contributed by atoms with E-state index >= 15 is 0 Å². The number of hydrogen-bond donors (Lipinski definition) is 2. The van der Waals surface area contributed by atoms with E-state index in [0.717, 1.165) is 43.5 Å². The van der Waals surface area contributed by atoms with Gasteiger partial charge in [0.15, 0.2) is 5.96 Å². The van der Waals surface area contributed by atoms with Crippen molar-refractivity contribution >= 4 is 35.8 Å². The number of nitrogens with zero attached hydrogens (tertiary/aromatic N) is 3. The number of aromatic nitrogens is 1. The molecule has 1 fully saturated rings. The Morgan fingerprint density at radius 2 is 1.89 bits per heavy atom. The minimum Gasteiger partial charge on any atom is -0.357 e. The summed E-state index contributed by atoms with van der Waals surface area (Å²) in [5.41, 5.74) is 3.70. The number of hydrogen-bond acceptors (Lipinski definition) is 3. The molecule has 0 spiro atoms. The van der Waals surface area contributed by atoms with Crippen molar-refractivity contribution in [1.29, 1.82) is 0 Å². The molecule has 0 bridgehead atoms. The van der Waals surface area contributed by atoms with Crippen LogP contribution in [0.15, 0.2) is 47.6 Å². The number of benzene rings is 1. The lowest BCUT2D eigenvalue weighted by Gasteiger charge is -2.16. The molecule has 1 aliphatic heterocycles. The van der Waals surface area contributed by atoms with E-state index in [0.29, 0.717) is 6.54 Å². The Labute approximate surface area is 179 Å². The van der Waals surface area contributed by atoms with Gasteiger partial charge in [-0.1, -0.05) is 30.3 Å². The maximum Gasteiger partial charge on any atom is 0.191 e. The molecule has 2 heterocycles. The highest BCUT2D eigenvalue weighted by Gasteiger charge is 2.12. The van der Waals surface area contributed by atoms with Gasteiger partial charge < -0.3 is 15.5 Å². The minimum absolute atomic E-state index is 0. The van der Waals surface area contributed by atoms with Gasteiger partial charge in [0, 0.05) is 32.4 Å². The van der Waals surface area contributed by atoms with E-state index in [9.17, 15) is 0 Å². The molecule has 3 rings (SSSR count). The summed E-state index contributed by atoms with van der Waals surface area (Å²) in [7, 11) is 0. The van der Waals surface area contributed by atoms with Gasteiger partial charge >= 0.3 is 0 Å². The molecule has 146 valence electrons. The smallest absolute Gasteiger partial charge is 0.191 e. The van der Waals surface area contributed by atoms with Gasteiger partial charge in [-0.3, -0.25) is 0 Å². The Bertz CT molecular complexity index is 724. The minimum atomic E-state index is 0. The fourth-order valence-electron chi connectivity index (χ4n) is 3.14. The van der Waals surface area contributed by atoms with Crippen LogP contribution >= 0.6 is 24.0 Å². The molecule has 6 heteroatoms. The van der Waals surface area contributed by atoms with Crippen molar-refractivity contribution in [1.82, 2.24) is 15.6 Å². The highest BCUT2D eigenvalue weighted by atomic mass is 127. The van der Waals surface area contributed by atoms with Crippen LogP contribution in [0.3, 0.4) is 0 Å². The van der Waals surface area contributed by atoms with Gasteiger partial charge in [0.1, 0.15) is 5.82 Å². The Morgan fingerprint density at radius 1 is 1.11 bits per heavy atom. The summed E-state index contributed by atoms with van der Waals surface area (Å²) in [5, 5.41) is 6.72.